The van der Waals surface area contributed by atoms with Gasteiger partial charge < -0.3 is 18.3 Å². The van der Waals surface area contributed by atoms with Crippen LogP contribution in [-0.2, 0) is 0 Å². The van der Waals surface area contributed by atoms with Crippen molar-refractivity contribution in [3.63, 3.8) is 0 Å². The van der Waals surface area contributed by atoms with E-state index in [1.54, 1.807) is 0 Å². The largest absolute Gasteiger partial charge is 0.306 e. The second-order valence-electron chi connectivity index (χ2n) is 16.5. The summed E-state index contributed by atoms with van der Waals surface area (Å²) in [4.78, 5) is 30.7. The molecule has 0 bridgehead atoms. The molecule has 1 aliphatic rings. The molecule has 0 saturated carbocycles. The van der Waals surface area contributed by atoms with Gasteiger partial charge in [-0.05, 0) is 48.5 Å². The van der Waals surface area contributed by atoms with E-state index in [0.717, 1.165) is 87.2 Å². The highest BCUT2D eigenvalue weighted by atomic mass is 16.5. The maximum atomic E-state index is 15.3. The number of hydrogen-bond donors (Lipinski definition) is 1. The van der Waals surface area contributed by atoms with Crippen LogP contribution in [0.5, 0.6) is 0 Å². The van der Waals surface area contributed by atoms with Gasteiger partial charge in [-0.25, -0.2) is 0 Å². The molecule has 14 rings (SSSR count). The zero-order chi connectivity index (χ0) is 42.4. The number of carbonyl (C=O) groups excluding carboxylic acids is 2. The van der Waals surface area contributed by atoms with E-state index in [-0.39, 0.29) is 11.1 Å². The smallest absolute Gasteiger partial charge is 0.287 e. The number of amides is 2. The first-order valence-corrected chi connectivity index (χ1v) is 21.4. The van der Waals surface area contributed by atoms with E-state index >= 15 is 9.59 Å². The van der Waals surface area contributed by atoms with Gasteiger partial charge in [0.05, 0.1) is 78.0 Å². The van der Waals surface area contributed by atoms with Crippen molar-refractivity contribution in [2.24, 2.45) is 0 Å². The van der Waals surface area contributed by atoms with Crippen LogP contribution in [0.1, 0.15) is 20.7 Å². The highest BCUT2D eigenvalue weighted by Crippen LogP contribution is 2.51. The van der Waals surface area contributed by atoms with E-state index in [4.69, 9.17) is 0 Å². The van der Waals surface area contributed by atoms with Crippen LogP contribution < -0.4 is 0 Å². The Bertz CT molecular complexity index is 3740. The Balaban J connectivity index is 1.37. The summed E-state index contributed by atoms with van der Waals surface area (Å²) in [6, 6.07) is 66.2. The van der Waals surface area contributed by atoms with Crippen LogP contribution in [0.25, 0.3) is 110 Å². The third kappa shape index (κ3) is 4.34. The Morgan fingerprint density at radius 3 is 0.625 bits per heavy atom. The zero-order valence-electron chi connectivity index (χ0n) is 34.0. The molecule has 0 atom stereocenters. The number of imide groups is 1. The second kappa shape index (κ2) is 12.7. The van der Waals surface area contributed by atoms with Crippen molar-refractivity contribution in [3.05, 3.63) is 205 Å². The summed E-state index contributed by atoms with van der Waals surface area (Å²) in [7, 11) is 0. The van der Waals surface area contributed by atoms with E-state index in [2.05, 4.69) is 140 Å². The van der Waals surface area contributed by atoms with Crippen molar-refractivity contribution in [2.75, 3.05) is 0 Å². The fraction of sp³-hybridized carbons (Fsp3) is 0. The van der Waals surface area contributed by atoms with Gasteiger partial charge in [0.15, 0.2) is 0 Å². The number of nitrogens with zero attached hydrogens (tertiary/aromatic N) is 5. The monoisotopic (exact) mass is 823 g/mol. The molecule has 0 spiro atoms. The SMILES string of the molecule is O=C1c2c(c(-n3c4ccccc4c4ccccc43)c(-n3c4ccccc4c4ccccc43)c(-n3c4ccccc4c4ccccc43)c2-n2c3ccccc3c3ccccc32)C(=O)N1O. The molecular formula is C56H33N5O3. The molecule has 1 N–H and O–H groups in total. The van der Waals surface area contributed by atoms with Crippen LogP contribution in [-0.4, -0.2) is 40.4 Å². The first kappa shape index (κ1) is 34.9. The van der Waals surface area contributed by atoms with Gasteiger partial charge in [0.25, 0.3) is 11.8 Å². The van der Waals surface area contributed by atoms with Crippen molar-refractivity contribution < 1.29 is 14.8 Å². The van der Waals surface area contributed by atoms with Crippen molar-refractivity contribution in [1.82, 2.24) is 23.3 Å². The van der Waals surface area contributed by atoms with E-state index in [9.17, 15) is 5.21 Å². The Labute approximate surface area is 363 Å². The highest BCUT2D eigenvalue weighted by Gasteiger charge is 2.46. The van der Waals surface area contributed by atoms with E-state index < -0.39 is 11.8 Å². The first-order chi connectivity index (χ1) is 31.6. The molecule has 300 valence electrons. The third-order valence-corrected chi connectivity index (χ3v) is 13.4. The average molecular weight is 824 g/mol. The second-order valence-corrected chi connectivity index (χ2v) is 16.5. The Morgan fingerprint density at radius 1 is 0.250 bits per heavy atom. The molecule has 0 saturated heterocycles. The molecule has 0 unspecified atom stereocenters. The molecule has 8 nitrogen and oxygen atoms in total. The summed E-state index contributed by atoms with van der Waals surface area (Å²) < 4.78 is 8.83. The van der Waals surface area contributed by atoms with Crippen LogP contribution in [0, 0.1) is 0 Å². The van der Waals surface area contributed by atoms with E-state index in [1.807, 2.05) is 72.8 Å². The van der Waals surface area contributed by atoms with Crippen molar-refractivity contribution >= 4 is 99.0 Å². The van der Waals surface area contributed by atoms with Crippen LogP contribution >= 0.6 is 0 Å². The third-order valence-electron chi connectivity index (χ3n) is 13.4. The van der Waals surface area contributed by atoms with Crippen LogP contribution in [0.2, 0.25) is 0 Å². The number of carbonyl (C=O) groups is 2. The Kier molecular flexibility index (Phi) is 6.92. The highest BCUT2D eigenvalue weighted by molar-refractivity contribution is 6.28. The molecular weight excluding hydrogens is 791 g/mol. The quantitative estimate of drug-likeness (QED) is 0.142. The minimum Gasteiger partial charge on any atom is -0.306 e. The van der Waals surface area contributed by atoms with Gasteiger partial charge in [-0.15, -0.1) is 5.06 Å². The maximum Gasteiger partial charge on any atom is 0.287 e. The predicted octanol–water partition coefficient (Wildman–Crippen LogP) is 13.1. The molecule has 0 aliphatic carbocycles. The molecule has 8 heteroatoms. The number of para-hydroxylation sites is 8. The maximum absolute atomic E-state index is 15.3. The van der Waals surface area contributed by atoms with Gasteiger partial charge in [-0.3, -0.25) is 14.8 Å². The molecule has 2 amide bonds. The van der Waals surface area contributed by atoms with Gasteiger partial charge >= 0.3 is 0 Å². The molecule has 9 aromatic carbocycles. The summed E-state index contributed by atoms with van der Waals surface area (Å²) >= 11 is 0. The van der Waals surface area contributed by atoms with Crippen molar-refractivity contribution in [3.8, 4) is 22.7 Å². The standard InChI is InChI=1S/C56H33N5O3/c62-55-49-50(56(63)61(55)64)52(58-43-27-11-3-19-35(43)36-20-4-12-28-44(36)58)54(60-47-31-15-7-23-39(47)40-24-8-16-32-48(40)60)53(59-45-29-13-5-21-37(45)38-22-6-14-30-46(38)59)51(49)57-41-25-9-1-17-33(41)34-18-2-10-26-42(34)57/h1-32,64H. The summed E-state index contributed by atoms with van der Waals surface area (Å²) in [5.74, 6) is -1.59. The predicted molar refractivity (Wildman–Crippen MR) is 256 cm³/mol. The number of aromatic nitrogens is 4. The summed E-state index contributed by atoms with van der Waals surface area (Å²) in [5, 5.41) is 20.3. The van der Waals surface area contributed by atoms with Gasteiger partial charge in [-0.1, -0.05) is 146 Å². The minimum atomic E-state index is -0.797. The van der Waals surface area contributed by atoms with Gasteiger partial charge in [0, 0.05) is 43.1 Å². The Hall–Kier alpha value is -8.72. The number of hydrogen-bond acceptors (Lipinski definition) is 3. The lowest BCUT2D eigenvalue weighted by molar-refractivity contribution is -0.0327. The molecule has 5 heterocycles. The molecule has 0 radical (unpaired) electrons. The number of fused-ring (bicyclic) bond motifs is 13. The molecule has 13 aromatic rings. The van der Waals surface area contributed by atoms with Crippen molar-refractivity contribution in [2.45, 2.75) is 0 Å². The molecule has 1 aliphatic heterocycles. The van der Waals surface area contributed by atoms with Crippen LogP contribution in [0.3, 0.4) is 0 Å². The number of hydroxylamine groups is 2. The van der Waals surface area contributed by atoms with Crippen molar-refractivity contribution in [1.29, 1.82) is 0 Å². The lowest BCUT2D eigenvalue weighted by atomic mass is 9.98. The normalized spacial score (nSPS) is 13.1. The van der Waals surface area contributed by atoms with Gasteiger partial charge in [-0.2, -0.15) is 0 Å². The fourth-order valence-corrected chi connectivity index (χ4v) is 10.9. The topological polar surface area (TPSA) is 77.3 Å². The average Bonchev–Trinajstić information content (AvgIpc) is 4.12. The summed E-state index contributed by atoms with van der Waals surface area (Å²) in [6.07, 6.45) is 0. The number of rotatable bonds is 4. The van der Waals surface area contributed by atoms with E-state index in [0.29, 0.717) is 27.8 Å². The van der Waals surface area contributed by atoms with Gasteiger partial charge in [0.2, 0.25) is 0 Å². The number of benzene rings is 9. The zero-order valence-corrected chi connectivity index (χ0v) is 34.0. The Morgan fingerprint density at radius 2 is 0.422 bits per heavy atom. The van der Waals surface area contributed by atoms with Gasteiger partial charge in [0.1, 0.15) is 0 Å². The van der Waals surface area contributed by atoms with E-state index in [1.165, 1.54) is 0 Å². The molecule has 64 heavy (non-hydrogen) atoms. The fourth-order valence-electron chi connectivity index (χ4n) is 10.9. The summed E-state index contributed by atoms with van der Waals surface area (Å²) in [5.41, 5.74) is 9.58. The van der Waals surface area contributed by atoms with Crippen LogP contribution in [0.4, 0.5) is 0 Å². The molecule has 0 fully saturated rings. The first-order valence-electron chi connectivity index (χ1n) is 21.4. The lowest BCUT2D eigenvalue weighted by Crippen LogP contribution is -2.25. The minimum absolute atomic E-state index is 0.109. The summed E-state index contributed by atoms with van der Waals surface area (Å²) in [6.45, 7) is 0. The van der Waals surface area contributed by atoms with Crippen LogP contribution in [0.15, 0.2) is 194 Å². The molecule has 4 aromatic heterocycles. The lowest BCUT2D eigenvalue weighted by Gasteiger charge is -2.27.